The molecule has 27 heavy (non-hydrogen) atoms. The number of carbonyl (C=O) groups excluding carboxylic acids is 1. The molecular weight excluding hydrogens is 352 g/mol. The van der Waals surface area contributed by atoms with Gasteiger partial charge in [-0.1, -0.05) is 32.6 Å². The predicted molar refractivity (Wildman–Crippen MR) is 102 cm³/mol. The highest BCUT2D eigenvalue weighted by atomic mass is 16.6. The summed E-state index contributed by atoms with van der Waals surface area (Å²) in [6.45, 7) is 8.31. The molecule has 0 saturated heterocycles. The highest BCUT2D eigenvalue weighted by Gasteiger charge is 2.32. The Morgan fingerprint density at radius 3 is 1.89 bits per heavy atom. The number of esters is 1. The summed E-state index contributed by atoms with van der Waals surface area (Å²) < 4.78 is 21.8. The lowest BCUT2D eigenvalue weighted by atomic mass is 10.1. The van der Waals surface area contributed by atoms with Crippen LogP contribution in [0.2, 0.25) is 0 Å². The van der Waals surface area contributed by atoms with Crippen LogP contribution in [0.1, 0.15) is 70.2 Å². The largest absolute Gasteiger partial charge is 0.503 e. The molecule has 1 aromatic rings. The minimum atomic E-state index is -0.772. The van der Waals surface area contributed by atoms with Crippen LogP contribution in [0.15, 0.2) is 0 Å². The van der Waals surface area contributed by atoms with Crippen molar-refractivity contribution < 1.29 is 34.0 Å². The molecule has 0 aliphatic carbocycles. The number of phenols is 2. The third kappa shape index (κ3) is 6.12. The maximum atomic E-state index is 12.6. The number of phenolic OH excluding ortho intramolecular Hbond substituents is 2. The van der Waals surface area contributed by atoms with E-state index in [1.54, 1.807) is 20.8 Å². The zero-order valence-corrected chi connectivity index (χ0v) is 16.8. The fraction of sp³-hybridized carbons (Fsp3) is 0.650. The quantitative estimate of drug-likeness (QED) is 0.295. The van der Waals surface area contributed by atoms with E-state index < -0.39 is 17.5 Å². The van der Waals surface area contributed by atoms with Gasteiger partial charge in [-0.25, -0.2) is 4.79 Å². The van der Waals surface area contributed by atoms with Crippen molar-refractivity contribution in [2.45, 2.75) is 59.8 Å². The van der Waals surface area contributed by atoms with E-state index in [1.165, 1.54) is 0 Å². The van der Waals surface area contributed by atoms with Crippen LogP contribution in [0.25, 0.3) is 0 Å². The Kier molecular flexibility index (Phi) is 10.2. The van der Waals surface area contributed by atoms with Gasteiger partial charge in [0.05, 0.1) is 26.4 Å². The number of unbranched alkanes of at least 4 members (excludes halogenated alkanes) is 4. The van der Waals surface area contributed by atoms with Gasteiger partial charge in [-0.2, -0.15) is 0 Å². The van der Waals surface area contributed by atoms with E-state index in [0.29, 0.717) is 0 Å². The molecule has 1 aromatic carbocycles. The second-order valence-electron chi connectivity index (χ2n) is 5.91. The van der Waals surface area contributed by atoms with Gasteiger partial charge in [-0.05, 0) is 27.2 Å². The number of carbonyl (C=O) groups is 1. The lowest BCUT2D eigenvalue weighted by Gasteiger charge is -2.20. The van der Waals surface area contributed by atoms with E-state index in [-0.39, 0.29) is 49.2 Å². The summed E-state index contributed by atoms with van der Waals surface area (Å²) in [6, 6.07) is 0. The smallest absolute Gasteiger partial charge is 0.346 e. The van der Waals surface area contributed by atoms with Gasteiger partial charge in [0.15, 0.2) is 17.1 Å². The number of ether oxygens (including phenoxy) is 4. The summed E-state index contributed by atoms with van der Waals surface area (Å²) in [5.41, 5.74) is -0.255. The molecule has 7 heteroatoms. The van der Waals surface area contributed by atoms with Crippen molar-refractivity contribution >= 4 is 5.97 Å². The lowest BCUT2D eigenvalue weighted by molar-refractivity contribution is 0.0487. The van der Waals surface area contributed by atoms with Crippen LogP contribution in [0.5, 0.6) is 28.7 Å². The van der Waals surface area contributed by atoms with Crippen molar-refractivity contribution in [3.05, 3.63) is 5.56 Å². The molecule has 154 valence electrons. The van der Waals surface area contributed by atoms with Crippen molar-refractivity contribution in [1.82, 2.24) is 0 Å². The third-order valence-corrected chi connectivity index (χ3v) is 3.87. The summed E-state index contributed by atoms with van der Waals surface area (Å²) in [4.78, 5) is 12.6. The molecule has 0 aliphatic rings. The normalized spacial score (nSPS) is 10.5. The van der Waals surface area contributed by atoms with Gasteiger partial charge < -0.3 is 29.2 Å². The Morgan fingerprint density at radius 2 is 1.30 bits per heavy atom. The third-order valence-electron chi connectivity index (χ3n) is 3.87. The summed E-state index contributed by atoms with van der Waals surface area (Å²) in [7, 11) is 0. The minimum absolute atomic E-state index is 0.00841. The average Bonchev–Trinajstić information content (AvgIpc) is 2.65. The van der Waals surface area contributed by atoms with Crippen LogP contribution in [0, 0.1) is 0 Å². The SMILES string of the molecule is CCCCCCCOC(=O)c1c(O)c(O)c(OCC)c(OCC)c1OCC. The summed E-state index contributed by atoms with van der Waals surface area (Å²) >= 11 is 0. The summed E-state index contributed by atoms with van der Waals surface area (Å²) in [5.74, 6) is -1.96. The van der Waals surface area contributed by atoms with E-state index in [1.807, 2.05) is 0 Å². The summed E-state index contributed by atoms with van der Waals surface area (Å²) in [6.07, 6.45) is 5.06. The average molecular weight is 384 g/mol. The molecular formula is C20H32O7. The van der Waals surface area contributed by atoms with Crippen molar-refractivity contribution in [3.8, 4) is 28.7 Å². The Balaban J connectivity index is 3.14. The predicted octanol–water partition coefficient (Wildman–Crippen LogP) is 4.42. The molecule has 0 aromatic heterocycles. The standard InChI is InChI=1S/C20H32O7/c1-5-9-10-11-12-13-27-20(23)14-15(21)16(22)18(25-7-3)19(26-8-4)17(14)24-6-2/h21-22H,5-13H2,1-4H3. The maximum absolute atomic E-state index is 12.6. The first-order valence-corrected chi connectivity index (χ1v) is 9.70. The molecule has 0 unspecified atom stereocenters. The van der Waals surface area contributed by atoms with Crippen LogP contribution < -0.4 is 14.2 Å². The summed E-state index contributed by atoms with van der Waals surface area (Å²) in [5, 5.41) is 20.7. The van der Waals surface area contributed by atoms with Crippen LogP contribution in [0.4, 0.5) is 0 Å². The van der Waals surface area contributed by atoms with E-state index >= 15 is 0 Å². The lowest BCUT2D eigenvalue weighted by Crippen LogP contribution is -2.12. The Hall–Kier alpha value is -2.31. The second kappa shape index (κ2) is 12.1. The monoisotopic (exact) mass is 384 g/mol. The van der Waals surface area contributed by atoms with Crippen LogP contribution in [-0.4, -0.2) is 42.6 Å². The molecule has 2 N–H and O–H groups in total. The number of benzene rings is 1. The molecule has 0 amide bonds. The zero-order chi connectivity index (χ0) is 20.2. The number of rotatable bonds is 13. The van der Waals surface area contributed by atoms with Gasteiger partial charge in [0.2, 0.25) is 17.2 Å². The molecule has 0 atom stereocenters. The van der Waals surface area contributed by atoms with Crippen molar-refractivity contribution in [3.63, 3.8) is 0 Å². The van der Waals surface area contributed by atoms with Gasteiger partial charge in [0.1, 0.15) is 0 Å². The maximum Gasteiger partial charge on any atom is 0.346 e. The van der Waals surface area contributed by atoms with E-state index in [2.05, 4.69) is 6.92 Å². The topological polar surface area (TPSA) is 94.5 Å². The molecule has 0 spiro atoms. The van der Waals surface area contributed by atoms with Crippen LogP contribution in [0.3, 0.4) is 0 Å². The number of hydrogen-bond donors (Lipinski definition) is 2. The highest BCUT2D eigenvalue weighted by molar-refractivity contribution is 5.99. The van der Waals surface area contributed by atoms with Crippen LogP contribution >= 0.6 is 0 Å². The molecule has 0 heterocycles. The highest BCUT2D eigenvalue weighted by Crippen LogP contribution is 2.53. The van der Waals surface area contributed by atoms with E-state index in [9.17, 15) is 15.0 Å². The van der Waals surface area contributed by atoms with Crippen molar-refractivity contribution in [2.75, 3.05) is 26.4 Å². The van der Waals surface area contributed by atoms with E-state index in [4.69, 9.17) is 18.9 Å². The van der Waals surface area contributed by atoms with Crippen LogP contribution in [-0.2, 0) is 4.74 Å². The van der Waals surface area contributed by atoms with Gasteiger partial charge in [-0.15, -0.1) is 0 Å². The first-order valence-electron chi connectivity index (χ1n) is 9.70. The molecule has 0 aliphatic heterocycles. The molecule has 0 radical (unpaired) electrons. The molecule has 0 saturated carbocycles. The molecule has 1 rings (SSSR count). The van der Waals surface area contributed by atoms with E-state index in [0.717, 1.165) is 32.1 Å². The number of aromatic hydroxyl groups is 2. The van der Waals surface area contributed by atoms with Gasteiger partial charge in [0, 0.05) is 0 Å². The Labute approximate surface area is 161 Å². The van der Waals surface area contributed by atoms with Crippen molar-refractivity contribution in [2.24, 2.45) is 0 Å². The first-order chi connectivity index (χ1) is 13.0. The second-order valence-corrected chi connectivity index (χ2v) is 5.91. The fourth-order valence-corrected chi connectivity index (χ4v) is 2.63. The van der Waals surface area contributed by atoms with Gasteiger partial charge in [0.25, 0.3) is 0 Å². The molecule has 7 nitrogen and oxygen atoms in total. The molecule has 0 fully saturated rings. The Bertz CT molecular complexity index is 599. The minimum Gasteiger partial charge on any atom is -0.503 e. The first kappa shape index (κ1) is 22.7. The Morgan fingerprint density at radius 1 is 0.741 bits per heavy atom. The molecule has 0 bridgehead atoms. The van der Waals surface area contributed by atoms with Crippen molar-refractivity contribution in [1.29, 1.82) is 0 Å². The fourth-order valence-electron chi connectivity index (χ4n) is 2.63. The van der Waals surface area contributed by atoms with Gasteiger partial charge in [-0.3, -0.25) is 0 Å². The van der Waals surface area contributed by atoms with Gasteiger partial charge >= 0.3 is 5.97 Å². The zero-order valence-electron chi connectivity index (χ0n) is 16.8. The number of hydrogen-bond acceptors (Lipinski definition) is 7.